The predicted molar refractivity (Wildman–Crippen MR) is 24.8 cm³/mol. The first-order chi connectivity index (χ1) is 2.27. The van der Waals surface area contributed by atoms with Crippen LogP contribution in [0.15, 0.2) is 0 Å². The topological polar surface area (TPSA) is 0 Å². The van der Waals surface area contributed by atoms with Gasteiger partial charge in [0.15, 0.2) is 0 Å². The summed E-state index contributed by atoms with van der Waals surface area (Å²) in [6.07, 6.45) is 1.06. The van der Waals surface area contributed by atoms with Crippen LogP contribution in [0.2, 0.25) is 0 Å². The predicted octanol–water partition coefficient (Wildman–Crippen LogP) is 1.86. The molecule has 0 atom stereocenters. The number of hydrogen-bond acceptors (Lipinski definition) is 0. The van der Waals surface area contributed by atoms with Gasteiger partial charge in [0, 0.05) is 0 Å². The molecular weight excluding hydrogens is 244 g/mol. The van der Waals surface area contributed by atoms with E-state index in [1.807, 2.05) is 0 Å². The van der Waals surface area contributed by atoms with Crippen molar-refractivity contribution in [3.05, 3.63) is 6.92 Å². The van der Waals surface area contributed by atoms with Crippen LogP contribution in [0.5, 0.6) is 0 Å². The summed E-state index contributed by atoms with van der Waals surface area (Å²) in [5.41, 5.74) is 0. The van der Waals surface area contributed by atoms with Gasteiger partial charge in [-0.3, -0.25) is 0 Å². The Morgan fingerprint density at radius 3 is 1.67 bits per heavy atom. The molecule has 0 aliphatic carbocycles. The second-order valence-electron chi connectivity index (χ2n) is 1.68. The van der Waals surface area contributed by atoms with E-state index in [1.54, 1.807) is 0 Å². The molecule has 1 heteroatoms. The zero-order valence-electron chi connectivity index (χ0n) is 4.40. The van der Waals surface area contributed by atoms with Crippen LogP contribution < -0.4 is 0 Å². The molecule has 0 fully saturated rings. The fourth-order valence-corrected chi connectivity index (χ4v) is 0. The Balaban J connectivity index is 0. The maximum Gasteiger partial charge on any atom is 2.00 e. The Morgan fingerprint density at radius 1 is 1.50 bits per heavy atom. The minimum Gasteiger partial charge on any atom is -0.343 e. The number of hydrogen-bond donors (Lipinski definition) is 0. The van der Waals surface area contributed by atoms with Gasteiger partial charge in [-0.2, -0.15) is 6.42 Å². The van der Waals surface area contributed by atoms with Gasteiger partial charge in [-0.05, 0) is 0 Å². The summed E-state index contributed by atoms with van der Waals surface area (Å²) < 4.78 is 0. The van der Waals surface area contributed by atoms with Gasteiger partial charge in [0.25, 0.3) is 0 Å². The van der Waals surface area contributed by atoms with E-state index in [4.69, 9.17) is 0 Å². The van der Waals surface area contributed by atoms with E-state index in [9.17, 15) is 0 Å². The Morgan fingerprint density at radius 2 is 1.67 bits per heavy atom. The molecule has 0 saturated carbocycles. The average Bonchev–Trinajstić information content (AvgIpc) is 1.38. The van der Waals surface area contributed by atoms with E-state index in [1.165, 1.54) is 0 Å². The van der Waals surface area contributed by atoms with E-state index < -0.39 is 0 Å². The van der Waals surface area contributed by atoms with Crippen molar-refractivity contribution in [3.63, 3.8) is 0 Å². The van der Waals surface area contributed by atoms with Crippen LogP contribution in [0.25, 0.3) is 0 Å². The van der Waals surface area contributed by atoms with Gasteiger partial charge in [-0.25, -0.2) is 0 Å². The third-order valence-corrected chi connectivity index (χ3v) is 0.577. The Bertz CT molecular complexity index is 17.9. The maximum atomic E-state index is 3.69. The second-order valence-corrected chi connectivity index (χ2v) is 1.68. The fraction of sp³-hybridized carbons (Fsp3) is 0.800. The van der Waals surface area contributed by atoms with Gasteiger partial charge < -0.3 is 6.92 Å². The summed E-state index contributed by atoms with van der Waals surface area (Å²) in [6, 6.07) is 0. The van der Waals surface area contributed by atoms with Crippen molar-refractivity contribution in [1.29, 1.82) is 0 Å². The van der Waals surface area contributed by atoms with Crippen molar-refractivity contribution in [1.82, 2.24) is 0 Å². The van der Waals surface area contributed by atoms with Gasteiger partial charge >= 0.3 is 21.1 Å². The van der Waals surface area contributed by atoms with Crippen LogP contribution >= 0.6 is 0 Å². The standard InChI is InChI=1S/C5H11.W/c1-4-5(2)3;/h5H,1,4H2,2-3H3;/q-1;+2. The second kappa shape index (κ2) is 5.69. The van der Waals surface area contributed by atoms with E-state index >= 15 is 0 Å². The van der Waals surface area contributed by atoms with Gasteiger partial charge in [-0.15, -0.1) is 0 Å². The molecule has 0 aliphatic heterocycles. The third kappa shape index (κ3) is 8.82. The molecule has 0 N–H and O–H groups in total. The zero-order valence-corrected chi connectivity index (χ0v) is 7.33. The van der Waals surface area contributed by atoms with E-state index in [0.717, 1.165) is 12.3 Å². The quantitative estimate of drug-likeness (QED) is 0.627. The molecule has 0 unspecified atom stereocenters. The normalized spacial score (nSPS) is 8.00. The van der Waals surface area contributed by atoms with Crippen LogP contribution in [0.4, 0.5) is 0 Å². The maximum absolute atomic E-state index is 3.69. The largest absolute Gasteiger partial charge is 2.00 e. The summed E-state index contributed by atoms with van der Waals surface area (Å²) in [5.74, 6) is 0.773. The zero-order chi connectivity index (χ0) is 4.28. The van der Waals surface area contributed by atoms with Crippen molar-refractivity contribution >= 4 is 0 Å². The summed E-state index contributed by atoms with van der Waals surface area (Å²) in [5, 5.41) is 0. The first-order valence-electron chi connectivity index (χ1n) is 2.06. The Hall–Kier alpha value is 0.688. The molecule has 0 aliphatic rings. The smallest absolute Gasteiger partial charge is 0.343 e. The van der Waals surface area contributed by atoms with E-state index in [2.05, 4.69) is 20.8 Å². The molecule has 0 radical (unpaired) electrons. The number of rotatable bonds is 1. The van der Waals surface area contributed by atoms with Crippen molar-refractivity contribution < 1.29 is 21.1 Å². The van der Waals surface area contributed by atoms with Crippen LogP contribution in [0, 0.1) is 12.8 Å². The van der Waals surface area contributed by atoms with Crippen LogP contribution in [0.1, 0.15) is 20.3 Å². The summed E-state index contributed by atoms with van der Waals surface area (Å²) in [4.78, 5) is 0. The minimum atomic E-state index is 0. The first kappa shape index (κ1) is 9.85. The Kier molecular flexibility index (Phi) is 9.33. The van der Waals surface area contributed by atoms with Crippen LogP contribution in [-0.2, 0) is 21.1 Å². The minimum absolute atomic E-state index is 0. The molecule has 0 nitrogen and oxygen atoms in total. The summed E-state index contributed by atoms with van der Waals surface area (Å²) in [7, 11) is 0. The molecule has 0 aromatic carbocycles. The molecule has 0 aromatic rings. The molecule has 0 rings (SSSR count). The molecular formula is C5H11W+. The van der Waals surface area contributed by atoms with Crippen molar-refractivity contribution in [2.45, 2.75) is 20.3 Å². The SMILES string of the molecule is [CH2-]CC(C)C.[W+2]. The molecule has 0 amide bonds. The van der Waals surface area contributed by atoms with Crippen molar-refractivity contribution in [2.75, 3.05) is 0 Å². The monoisotopic (exact) mass is 255 g/mol. The van der Waals surface area contributed by atoms with Gasteiger partial charge in [0.2, 0.25) is 0 Å². The fourth-order valence-electron chi connectivity index (χ4n) is 0. The third-order valence-electron chi connectivity index (χ3n) is 0.577. The van der Waals surface area contributed by atoms with Gasteiger partial charge in [0.05, 0.1) is 0 Å². The molecule has 0 aromatic heterocycles. The molecule has 36 valence electrons. The summed E-state index contributed by atoms with van der Waals surface area (Å²) in [6.45, 7) is 8.00. The average molecular weight is 255 g/mol. The van der Waals surface area contributed by atoms with E-state index in [-0.39, 0.29) is 21.1 Å². The summed E-state index contributed by atoms with van der Waals surface area (Å²) >= 11 is 0. The van der Waals surface area contributed by atoms with Gasteiger partial charge in [0.1, 0.15) is 0 Å². The van der Waals surface area contributed by atoms with Crippen LogP contribution in [-0.4, -0.2) is 0 Å². The van der Waals surface area contributed by atoms with E-state index in [0.29, 0.717) is 0 Å². The molecule has 0 bridgehead atoms. The van der Waals surface area contributed by atoms with Crippen molar-refractivity contribution in [2.24, 2.45) is 5.92 Å². The van der Waals surface area contributed by atoms with Gasteiger partial charge in [-0.1, -0.05) is 19.8 Å². The Labute approximate surface area is 54.6 Å². The molecule has 6 heavy (non-hydrogen) atoms. The van der Waals surface area contributed by atoms with Crippen molar-refractivity contribution in [3.8, 4) is 0 Å². The van der Waals surface area contributed by atoms with Crippen LogP contribution in [0.3, 0.4) is 0 Å². The molecule has 0 heterocycles. The molecule has 0 saturated heterocycles. The first-order valence-corrected chi connectivity index (χ1v) is 2.06. The molecule has 0 spiro atoms.